The molecule has 0 heterocycles. The number of Topliss-reactive ketones (excluding diaryl/α,β-unsaturated/α-hetero) is 1. The van der Waals surface area contributed by atoms with Crippen molar-refractivity contribution in [1.29, 1.82) is 0 Å². The smallest absolute Gasteiger partial charge is 0.304 e. The Morgan fingerprint density at radius 3 is 2.47 bits per heavy atom. The molecule has 1 rings (SSSR count). The fraction of sp³-hybridized carbons (Fsp3) is 0.333. The molecule has 0 spiro atoms. The Kier molecular flexibility index (Phi) is 5.56. The van der Waals surface area contributed by atoms with E-state index in [2.05, 4.69) is 0 Å². The Morgan fingerprint density at radius 2 is 1.94 bits per heavy atom. The first-order valence-corrected chi connectivity index (χ1v) is 6.25. The van der Waals surface area contributed by atoms with Crippen LogP contribution in [0.2, 0.25) is 0 Å². The molecule has 0 saturated carbocycles. The van der Waals surface area contributed by atoms with Gasteiger partial charge < -0.3 is 9.84 Å². The van der Waals surface area contributed by atoms with Gasteiger partial charge in [-0.05, 0) is 24.3 Å². The molecule has 0 aliphatic carbocycles. The second-order valence-electron chi connectivity index (χ2n) is 3.35. The molecule has 0 unspecified atom stereocenters. The number of carbonyl (C=O) groups is 2. The van der Waals surface area contributed by atoms with Gasteiger partial charge in [0, 0.05) is 11.3 Å². The van der Waals surface area contributed by atoms with Crippen LogP contribution in [0, 0.1) is 0 Å². The Morgan fingerprint density at radius 1 is 1.29 bits per heavy atom. The van der Waals surface area contributed by atoms with E-state index in [0.29, 0.717) is 22.8 Å². The van der Waals surface area contributed by atoms with Gasteiger partial charge in [-0.2, -0.15) is 11.8 Å². The third-order valence-electron chi connectivity index (χ3n) is 2.11. The molecule has 1 aromatic carbocycles. The van der Waals surface area contributed by atoms with Gasteiger partial charge in [0.1, 0.15) is 5.75 Å². The predicted octanol–water partition coefficient (Wildman–Crippen LogP) is 2.09. The van der Waals surface area contributed by atoms with Crippen LogP contribution in [0.15, 0.2) is 24.3 Å². The second-order valence-corrected chi connectivity index (χ2v) is 4.45. The SMILES string of the molecule is COc1ccc(C(=O)CSCCC(=O)O)cc1. The third-order valence-corrected chi connectivity index (χ3v) is 3.06. The normalized spacial score (nSPS) is 9.94. The van der Waals surface area contributed by atoms with Crippen LogP contribution >= 0.6 is 11.8 Å². The summed E-state index contributed by atoms with van der Waals surface area (Å²) in [7, 11) is 1.57. The maximum atomic E-state index is 11.7. The van der Waals surface area contributed by atoms with Crippen LogP contribution in [0.5, 0.6) is 5.75 Å². The Labute approximate surface area is 104 Å². The number of thioether (sulfide) groups is 1. The summed E-state index contributed by atoms with van der Waals surface area (Å²) in [6.07, 6.45) is 0.0839. The van der Waals surface area contributed by atoms with Crippen molar-refractivity contribution in [3.63, 3.8) is 0 Å². The van der Waals surface area contributed by atoms with Gasteiger partial charge in [-0.1, -0.05) is 0 Å². The molecule has 0 aliphatic rings. The lowest BCUT2D eigenvalue weighted by atomic mass is 10.1. The first-order chi connectivity index (χ1) is 8.13. The summed E-state index contributed by atoms with van der Waals surface area (Å²) in [6, 6.07) is 6.88. The standard InChI is InChI=1S/C12H14O4S/c1-16-10-4-2-9(3-5-10)11(13)8-17-7-6-12(14)15/h2-5H,6-8H2,1H3,(H,14,15). The van der Waals surface area contributed by atoms with E-state index in [1.807, 2.05) is 0 Å². The number of carboxylic acid groups (broad SMARTS) is 1. The number of carbonyl (C=O) groups excluding carboxylic acids is 1. The number of hydrogen-bond donors (Lipinski definition) is 1. The van der Waals surface area contributed by atoms with Crippen molar-refractivity contribution in [3.8, 4) is 5.75 Å². The average molecular weight is 254 g/mol. The van der Waals surface area contributed by atoms with Crippen LogP contribution in [0.4, 0.5) is 0 Å². The lowest BCUT2D eigenvalue weighted by molar-refractivity contribution is -0.136. The first kappa shape index (κ1) is 13.6. The van der Waals surface area contributed by atoms with Crippen molar-refractivity contribution in [2.24, 2.45) is 0 Å². The van der Waals surface area contributed by atoms with Crippen LogP contribution in [-0.4, -0.2) is 35.5 Å². The lowest BCUT2D eigenvalue weighted by Crippen LogP contribution is -2.04. The number of rotatable bonds is 7. The molecular weight excluding hydrogens is 240 g/mol. The molecule has 1 aromatic rings. The number of hydrogen-bond acceptors (Lipinski definition) is 4. The zero-order valence-corrected chi connectivity index (χ0v) is 10.3. The van der Waals surface area contributed by atoms with Gasteiger partial charge in [0.2, 0.25) is 0 Å². The molecular formula is C12H14O4S. The number of benzene rings is 1. The zero-order chi connectivity index (χ0) is 12.7. The highest BCUT2D eigenvalue weighted by Crippen LogP contribution is 2.13. The largest absolute Gasteiger partial charge is 0.497 e. The van der Waals surface area contributed by atoms with Gasteiger partial charge in [-0.15, -0.1) is 0 Å². The molecule has 0 fully saturated rings. The minimum absolute atomic E-state index is 0.00282. The van der Waals surface area contributed by atoms with E-state index in [1.165, 1.54) is 11.8 Å². The molecule has 5 heteroatoms. The summed E-state index contributed by atoms with van der Waals surface area (Å²) >= 11 is 1.33. The van der Waals surface area contributed by atoms with Crippen LogP contribution in [0.1, 0.15) is 16.8 Å². The number of ether oxygens (including phenoxy) is 1. The molecule has 0 aliphatic heterocycles. The minimum atomic E-state index is -0.839. The second kappa shape index (κ2) is 6.96. The summed E-state index contributed by atoms with van der Waals surface area (Å²) in [5.41, 5.74) is 0.619. The van der Waals surface area contributed by atoms with Gasteiger partial charge >= 0.3 is 5.97 Å². The van der Waals surface area contributed by atoms with Crippen LogP contribution < -0.4 is 4.74 Å². The van der Waals surface area contributed by atoms with Gasteiger partial charge in [0.25, 0.3) is 0 Å². The van der Waals surface area contributed by atoms with Crippen molar-refractivity contribution in [3.05, 3.63) is 29.8 Å². The predicted molar refractivity (Wildman–Crippen MR) is 66.9 cm³/mol. The summed E-state index contributed by atoms with van der Waals surface area (Å²) in [5, 5.41) is 8.44. The van der Waals surface area contributed by atoms with E-state index >= 15 is 0 Å². The number of aliphatic carboxylic acids is 1. The lowest BCUT2D eigenvalue weighted by Gasteiger charge is -2.02. The summed E-state index contributed by atoms with van der Waals surface area (Å²) in [6.45, 7) is 0. The monoisotopic (exact) mass is 254 g/mol. The Hall–Kier alpha value is -1.49. The topological polar surface area (TPSA) is 63.6 Å². The van der Waals surface area contributed by atoms with Crippen LogP contribution in [0.25, 0.3) is 0 Å². The summed E-state index contributed by atoms with van der Waals surface area (Å²) in [4.78, 5) is 22.0. The van der Waals surface area contributed by atoms with Gasteiger partial charge in [-0.25, -0.2) is 0 Å². The van der Waals surface area contributed by atoms with E-state index in [0.717, 1.165) is 0 Å². The van der Waals surface area contributed by atoms with Crippen molar-refractivity contribution in [1.82, 2.24) is 0 Å². The van der Waals surface area contributed by atoms with E-state index in [4.69, 9.17) is 9.84 Å². The molecule has 1 N–H and O–H groups in total. The van der Waals surface area contributed by atoms with Gasteiger partial charge in [0.15, 0.2) is 5.78 Å². The fourth-order valence-corrected chi connectivity index (χ4v) is 2.00. The highest BCUT2D eigenvalue weighted by Gasteiger charge is 2.06. The molecule has 0 aromatic heterocycles. The van der Waals surface area contributed by atoms with E-state index in [9.17, 15) is 9.59 Å². The van der Waals surface area contributed by atoms with Crippen molar-refractivity contribution >= 4 is 23.5 Å². The van der Waals surface area contributed by atoms with E-state index in [-0.39, 0.29) is 12.2 Å². The third kappa shape index (κ3) is 4.91. The molecule has 0 saturated heterocycles. The molecule has 17 heavy (non-hydrogen) atoms. The maximum Gasteiger partial charge on any atom is 0.304 e. The quantitative estimate of drug-likeness (QED) is 0.596. The van der Waals surface area contributed by atoms with Crippen LogP contribution in [0.3, 0.4) is 0 Å². The summed E-state index contributed by atoms with van der Waals surface area (Å²) < 4.78 is 4.99. The fourth-order valence-electron chi connectivity index (χ4n) is 1.18. The van der Waals surface area contributed by atoms with Crippen molar-refractivity contribution in [2.75, 3.05) is 18.6 Å². The Balaban J connectivity index is 2.38. The minimum Gasteiger partial charge on any atom is -0.497 e. The number of carboxylic acids is 1. The van der Waals surface area contributed by atoms with E-state index in [1.54, 1.807) is 31.4 Å². The first-order valence-electron chi connectivity index (χ1n) is 5.10. The van der Waals surface area contributed by atoms with Crippen molar-refractivity contribution < 1.29 is 19.4 Å². The molecule has 0 atom stereocenters. The molecule has 4 nitrogen and oxygen atoms in total. The van der Waals surface area contributed by atoms with Gasteiger partial charge in [0.05, 0.1) is 19.3 Å². The highest BCUT2D eigenvalue weighted by molar-refractivity contribution is 8.00. The average Bonchev–Trinajstić information content (AvgIpc) is 2.34. The van der Waals surface area contributed by atoms with E-state index < -0.39 is 5.97 Å². The number of ketones is 1. The number of methoxy groups -OCH3 is 1. The molecule has 0 radical (unpaired) electrons. The summed E-state index contributed by atoms with van der Waals surface area (Å²) in [5.74, 6) is 0.633. The molecule has 0 bridgehead atoms. The maximum absolute atomic E-state index is 11.7. The van der Waals surface area contributed by atoms with Crippen molar-refractivity contribution in [2.45, 2.75) is 6.42 Å². The Bertz CT molecular complexity index is 386. The van der Waals surface area contributed by atoms with Crippen LogP contribution in [-0.2, 0) is 4.79 Å². The zero-order valence-electron chi connectivity index (χ0n) is 9.51. The van der Waals surface area contributed by atoms with Gasteiger partial charge in [-0.3, -0.25) is 9.59 Å². The molecule has 0 amide bonds. The highest BCUT2D eigenvalue weighted by atomic mass is 32.2. The molecule has 92 valence electrons.